The molecule has 3 amide bonds. The van der Waals surface area contributed by atoms with Gasteiger partial charge >= 0.3 is 0 Å². The van der Waals surface area contributed by atoms with Crippen molar-refractivity contribution in [2.24, 2.45) is 11.8 Å². The van der Waals surface area contributed by atoms with Crippen LogP contribution in [-0.2, 0) is 25.5 Å². The first-order valence-corrected chi connectivity index (χ1v) is 8.98. The van der Waals surface area contributed by atoms with E-state index in [-0.39, 0.29) is 30.9 Å². The van der Waals surface area contributed by atoms with Gasteiger partial charge in [0.15, 0.2) is 0 Å². The van der Waals surface area contributed by atoms with Crippen LogP contribution in [0.1, 0.15) is 32.3 Å². The predicted molar refractivity (Wildman–Crippen MR) is 98.9 cm³/mol. The number of para-hydroxylation sites is 1. The Labute approximate surface area is 158 Å². The summed E-state index contributed by atoms with van der Waals surface area (Å²) in [5, 5.41) is 11.5. The molecule has 0 aromatic heterocycles. The number of benzene rings is 1. The minimum absolute atomic E-state index is 0.0879. The molecule has 0 aliphatic carbocycles. The Hall–Kier alpha value is -2.45. The van der Waals surface area contributed by atoms with Crippen molar-refractivity contribution >= 4 is 23.4 Å². The van der Waals surface area contributed by atoms with Crippen LogP contribution in [0.15, 0.2) is 24.3 Å². The lowest BCUT2D eigenvalue weighted by molar-refractivity contribution is -0.136. The van der Waals surface area contributed by atoms with Gasteiger partial charge in [-0.15, -0.1) is 0 Å². The predicted octanol–water partition coefficient (Wildman–Crippen LogP) is 1.22. The zero-order chi connectivity index (χ0) is 20.0. The first-order chi connectivity index (χ1) is 12.9. The van der Waals surface area contributed by atoms with Crippen molar-refractivity contribution < 1.29 is 24.3 Å². The molecular formula is C19H27N3O5. The van der Waals surface area contributed by atoms with E-state index in [4.69, 9.17) is 9.94 Å². The number of carbonyl (C=O) groups is 3. The number of nitrogens with one attached hydrogen (secondary N) is 2. The first kappa shape index (κ1) is 20.9. The quantitative estimate of drug-likeness (QED) is 0.466. The summed E-state index contributed by atoms with van der Waals surface area (Å²) in [6, 6.07) is 6.76. The Bertz CT molecular complexity index is 692. The number of hydrogen-bond acceptors (Lipinski definition) is 5. The molecule has 0 fully saturated rings. The Morgan fingerprint density at radius 3 is 2.67 bits per heavy atom. The van der Waals surface area contributed by atoms with Crippen LogP contribution < -0.4 is 15.7 Å². The van der Waals surface area contributed by atoms with E-state index in [0.717, 1.165) is 11.3 Å². The molecule has 0 saturated heterocycles. The van der Waals surface area contributed by atoms with E-state index in [9.17, 15) is 14.4 Å². The lowest BCUT2D eigenvalue weighted by Crippen LogP contribution is -2.54. The summed E-state index contributed by atoms with van der Waals surface area (Å²) in [5.41, 5.74) is 3.27. The van der Waals surface area contributed by atoms with E-state index < -0.39 is 17.9 Å². The van der Waals surface area contributed by atoms with Crippen molar-refractivity contribution in [3.8, 4) is 0 Å². The molecule has 27 heavy (non-hydrogen) atoms. The SMILES string of the molecule is COCN1C(=O)[C@@H](NC(=O)[C@H](CC(=O)NO)CC(C)C)Cc2ccccc21. The highest BCUT2D eigenvalue weighted by molar-refractivity contribution is 6.02. The molecule has 1 aliphatic heterocycles. The summed E-state index contributed by atoms with van der Waals surface area (Å²) in [4.78, 5) is 38.6. The van der Waals surface area contributed by atoms with Gasteiger partial charge in [0, 0.05) is 31.6 Å². The third-order valence-electron chi connectivity index (χ3n) is 4.53. The number of carbonyl (C=O) groups excluding carboxylic acids is 3. The largest absolute Gasteiger partial charge is 0.364 e. The van der Waals surface area contributed by atoms with Crippen molar-refractivity contribution in [1.82, 2.24) is 10.8 Å². The highest BCUT2D eigenvalue weighted by atomic mass is 16.5. The molecule has 1 aromatic rings. The van der Waals surface area contributed by atoms with E-state index in [1.807, 2.05) is 38.1 Å². The van der Waals surface area contributed by atoms with Gasteiger partial charge in [0.1, 0.15) is 12.8 Å². The summed E-state index contributed by atoms with van der Waals surface area (Å²) >= 11 is 0. The van der Waals surface area contributed by atoms with E-state index in [1.165, 1.54) is 12.0 Å². The van der Waals surface area contributed by atoms with Crippen molar-refractivity contribution in [2.75, 3.05) is 18.7 Å². The number of hydroxylamine groups is 1. The fourth-order valence-corrected chi connectivity index (χ4v) is 3.35. The fourth-order valence-electron chi connectivity index (χ4n) is 3.35. The van der Waals surface area contributed by atoms with E-state index in [0.29, 0.717) is 12.8 Å². The van der Waals surface area contributed by atoms with E-state index >= 15 is 0 Å². The molecule has 0 spiro atoms. The lowest BCUT2D eigenvalue weighted by atomic mass is 9.91. The van der Waals surface area contributed by atoms with Crippen LogP contribution in [-0.4, -0.2) is 42.8 Å². The second-order valence-electron chi connectivity index (χ2n) is 7.14. The monoisotopic (exact) mass is 377 g/mol. The van der Waals surface area contributed by atoms with Crippen LogP contribution in [0.25, 0.3) is 0 Å². The van der Waals surface area contributed by atoms with Gasteiger partial charge in [-0.3, -0.25) is 24.5 Å². The van der Waals surface area contributed by atoms with Crippen LogP contribution in [0.5, 0.6) is 0 Å². The van der Waals surface area contributed by atoms with E-state index in [1.54, 1.807) is 5.48 Å². The van der Waals surface area contributed by atoms with Crippen LogP contribution in [0.2, 0.25) is 0 Å². The van der Waals surface area contributed by atoms with Gasteiger partial charge in [-0.2, -0.15) is 0 Å². The molecule has 2 atom stereocenters. The summed E-state index contributed by atoms with van der Waals surface area (Å²) in [6.45, 7) is 3.98. The summed E-state index contributed by atoms with van der Waals surface area (Å²) < 4.78 is 5.14. The van der Waals surface area contributed by atoms with Crippen LogP contribution in [0.4, 0.5) is 5.69 Å². The zero-order valence-corrected chi connectivity index (χ0v) is 15.9. The normalized spacial score (nSPS) is 17.4. The zero-order valence-electron chi connectivity index (χ0n) is 15.9. The Morgan fingerprint density at radius 1 is 1.33 bits per heavy atom. The molecule has 8 nitrogen and oxygen atoms in total. The van der Waals surface area contributed by atoms with Crippen LogP contribution in [0.3, 0.4) is 0 Å². The number of fused-ring (bicyclic) bond motifs is 1. The van der Waals surface area contributed by atoms with Crippen molar-refractivity contribution in [3.05, 3.63) is 29.8 Å². The van der Waals surface area contributed by atoms with Gasteiger partial charge in [-0.05, 0) is 24.0 Å². The highest BCUT2D eigenvalue weighted by Crippen LogP contribution is 2.28. The summed E-state index contributed by atoms with van der Waals surface area (Å²) in [5.74, 6) is -1.70. The van der Waals surface area contributed by atoms with Gasteiger partial charge < -0.3 is 10.1 Å². The van der Waals surface area contributed by atoms with Gasteiger partial charge in [0.2, 0.25) is 11.8 Å². The smallest absolute Gasteiger partial charge is 0.251 e. The second kappa shape index (κ2) is 9.48. The van der Waals surface area contributed by atoms with Crippen LogP contribution in [0, 0.1) is 11.8 Å². The maximum atomic E-state index is 12.8. The Balaban J connectivity index is 2.17. The molecule has 3 N–H and O–H groups in total. The molecule has 0 unspecified atom stereocenters. The molecule has 2 rings (SSSR count). The van der Waals surface area contributed by atoms with Crippen molar-refractivity contribution in [1.29, 1.82) is 0 Å². The van der Waals surface area contributed by atoms with Gasteiger partial charge in [-0.25, -0.2) is 5.48 Å². The molecule has 0 bridgehead atoms. The van der Waals surface area contributed by atoms with E-state index in [2.05, 4.69) is 5.32 Å². The molecule has 148 valence electrons. The van der Waals surface area contributed by atoms with Crippen molar-refractivity contribution in [3.63, 3.8) is 0 Å². The second-order valence-corrected chi connectivity index (χ2v) is 7.14. The van der Waals surface area contributed by atoms with Gasteiger partial charge in [0.05, 0.1) is 0 Å². The molecule has 0 radical (unpaired) electrons. The number of rotatable bonds is 8. The molecular weight excluding hydrogens is 350 g/mol. The lowest BCUT2D eigenvalue weighted by Gasteiger charge is -2.34. The average molecular weight is 377 g/mol. The summed E-state index contributed by atoms with van der Waals surface area (Å²) in [6.07, 6.45) is 0.708. The minimum atomic E-state index is -0.727. The fraction of sp³-hybridized carbons (Fsp3) is 0.526. The number of anilines is 1. The standard InChI is InChI=1S/C19H27N3O5/c1-12(2)8-14(10-17(23)21-26)18(24)20-15-9-13-6-4-5-7-16(13)22(11-27-3)19(15)25/h4-7,12,14-15,26H,8-11H2,1-3H3,(H,20,24)(H,21,23)/t14-,15-/m0/s1. The third-order valence-corrected chi connectivity index (χ3v) is 4.53. The van der Waals surface area contributed by atoms with Crippen molar-refractivity contribution in [2.45, 2.75) is 39.2 Å². The summed E-state index contributed by atoms with van der Waals surface area (Å²) in [7, 11) is 1.50. The topological polar surface area (TPSA) is 108 Å². The molecule has 1 aliphatic rings. The number of methoxy groups -OCH3 is 1. The van der Waals surface area contributed by atoms with Gasteiger partial charge in [-0.1, -0.05) is 32.0 Å². The molecule has 8 heteroatoms. The maximum absolute atomic E-state index is 12.8. The Morgan fingerprint density at radius 2 is 2.04 bits per heavy atom. The molecule has 1 heterocycles. The number of hydrogen-bond donors (Lipinski definition) is 3. The average Bonchev–Trinajstić information content (AvgIpc) is 2.64. The number of nitrogens with zero attached hydrogens (tertiary/aromatic N) is 1. The van der Waals surface area contributed by atoms with Gasteiger partial charge in [0.25, 0.3) is 5.91 Å². The number of amides is 3. The minimum Gasteiger partial charge on any atom is -0.364 e. The molecule has 1 aromatic carbocycles. The third kappa shape index (κ3) is 5.27. The Kier molecular flexibility index (Phi) is 7.32. The first-order valence-electron chi connectivity index (χ1n) is 8.98. The molecule has 0 saturated carbocycles. The number of ether oxygens (including phenoxy) is 1. The maximum Gasteiger partial charge on any atom is 0.251 e. The highest BCUT2D eigenvalue weighted by Gasteiger charge is 2.35. The van der Waals surface area contributed by atoms with Crippen LogP contribution >= 0.6 is 0 Å².